The highest BCUT2D eigenvalue weighted by Gasteiger charge is 2.16. The first-order valence-electron chi connectivity index (χ1n) is 10.8. The predicted molar refractivity (Wildman–Crippen MR) is 139 cm³/mol. The van der Waals surface area contributed by atoms with E-state index in [2.05, 4.69) is 25.1 Å². The van der Waals surface area contributed by atoms with Crippen molar-refractivity contribution in [2.75, 3.05) is 63.9 Å². The third-order valence-corrected chi connectivity index (χ3v) is 7.38. The lowest BCUT2D eigenvalue weighted by atomic mass is 10.1. The summed E-state index contributed by atoms with van der Waals surface area (Å²) in [5.41, 5.74) is 0.948. The number of anilines is 2. The molecule has 1 amide bonds. The summed E-state index contributed by atoms with van der Waals surface area (Å²) in [6.07, 6.45) is 0.702. The quantitative estimate of drug-likeness (QED) is 0.289. The third-order valence-electron chi connectivity index (χ3n) is 5.05. The number of ether oxygens (including phenoxy) is 1. The molecule has 0 aliphatic heterocycles. The van der Waals surface area contributed by atoms with Crippen LogP contribution in [0.4, 0.5) is 10.9 Å². The van der Waals surface area contributed by atoms with Gasteiger partial charge in [-0.15, -0.1) is 0 Å². The Bertz CT molecular complexity index is 1160. The molecule has 1 aromatic carbocycles. The molecule has 1 unspecified atom stereocenters. The maximum absolute atomic E-state index is 12.6. The molecule has 2 heterocycles. The van der Waals surface area contributed by atoms with Crippen LogP contribution in [0.25, 0.3) is 10.3 Å². The van der Waals surface area contributed by atoms with Gasteiger partial charge < -0.3 is 14.5 Å². The zero-order valence-corrected chi connectivity index (χ0v) is 21.5. The van der Waals surface area contributed by atoms with Crippen LogP contribution in [0.5, 0.6) is 0 Å². The van der Waals surface area contributed by atoms with Gasteiger partial charge in [-0.3, -0.25) is 19.7 Å². The van der Waals surface area contributed by atoms with Crippen LogP contribution in [0.15, 0.2) is 41.3 Å². The first kappa shape index (κ1) is 25.9. The normalized spacial score (nSPS) is 12.1. The van der Waals surface area contributed by atoms with E-state index >= 15 is 0 Å². The number of carbonyl (C=O) groups is 1. The molecule has 2 N–H and O–H groups in total. The summed E-state index contributed by atoms with van der Waals surface area (Å²) < 4.78 is 17.3. The van der Waals surface area contributed by atoms with E-state index in [0.29, 0.717) is 39.9 Å². The minimum atomic E-state index is -1.14. The molecule has 0 aliphatic carbocycles. The van der Waals surface area contributed by atoms with Gasteiger partial charge in [0.15, 0.2) is 5.13 Å². The van der Waals surface area contributed by atoms with Crippen molar-refractivity contribution < 1.29 is 13.7 Å². The van der Waals surface area contributed by atoms with E-state index < -0.39 is 16.7 Å². The number of carbonyl (C=O) groups excluding carboxylic acids is 1. The smallest absolute Gasteiger partial charge is 0.275 e. The van der Waals surface area contributed by atoms with E-state index in [1.165, 1.54) is 11.3 Å². The lowest BCUT2D eigenvalue weighted by Gasteiger charge is -2.20. The van der Waals surface area contributed by atoms with E-state index in [0.717, 1.165) is 23.7 Å². The Morgan fingerprint density at radius 1 is 1.12 bits per heavy atom. The number of likely N-dealkylation sites (N-methyl/N-ethyl adjacent to an activating group) is 2. The summed E-state index contributed by atoms with van der Waals surface area (Å²) in [5, 5.41) is 11.3. The van der Waals surface area contributed by atoms with E-state index in [1.807, 2.05) is 33.3 Å². The van der Waals surface area contributed by atoms with E-state index in [1.54, 1.807) is 31.4 Å². The minimum absolute atomic E-state index is 0.187. The summed E-state index contributed by atoms with van der Waals surface area (Å²) in [6.45, 7) is 2.31. The lowest BCUT2D eigenvalue weighted by molar-refractivity contribution is -0.110. The van der Waals surface area contributed by atoms with Crippen LogP contribution in [-0.2, 0) is 20.3 Å². The highest BCUT2D eigenvalue weighted by atomic mass is 32.2. The molecule has 0 radical (unpaired) electrons. The Kier molecular flexibility index (Phi) is 9.22. The first-order chi connectivity index (χ1) is 16.3. The van der Waals surface area contributed by atoms with E-state index in [-0.39, 0.29) is 5.71 Å². The van der Waals surface area contributed by atoms with Gasteiger partial charge in [-0.25, -0.2) is 9.97 Å². The summed E-state index contributed by atoms with van der Waals surface area (Å²) in [4.78, 5) is 27.3. The number of methoxy groups -OCH3 is 1. The number of fused-ring (bicyclic) bond motifs is 1. The second kappa shape index (κ2) is 12.1. The van der Waals surface area contributed by atoms with Crippen LogP contribution in [0.3, 0.4) is 0 Å². The van der Waals surface area contributed by atoms with Gasteiger partial charge in [-0.05, 0) is 44.8 Å². The van der Waals surface area contributed by atoms with Crippen LogP contribution in [0, 0.1) is 5.41 Å². The lowest BCUT2D eigenvalue weighted by Crippen LogP contribution is -2.28. The number of pyridine rings is 1. The molecule has 182 valence electrons. The van der Waals surface area contributed by atoms with Gasteiger partial charge in [-0.2, -0.15) is 0 Å². The fourth-order valence-electron chi connectivity index (χ4n) is 3.05. The fraction of sp³-hybridized carbons (Fsp3) is 0.391. The standard InChI is InChI=1S/C23H30N6O3S2/c1-28(2)12-13-29(3)19-11-10-18-22(26-19)33-23(25-18)27-21(30)20(24)16-6-8-17(9-7-16)34(31)15-5-14-32-4/h6-11,24H,5,12-15H2,1-4H3,(H,25,27,30). The second-order valence-electron chi connectivity index (χ2n) is 7.99. The van der Waals surface area contributed by atoms with Crippen molar-refractivity contribution in [3.63, 3.8) is 0 Å². The van der Waals surface area contributed by atoms with Gasteiger partial charge in [0.25, 0.3) is 5.91 Å². The van der Waals surface area contributed by atoms with Gasteiger partial charge in [0.05, 0.1) is 10.8 Å². The number of nitrogens with zero attached hydrogens (tertiary/aromatic N) is 4. The fourth-order valence-corrected chi connectivity index (χ4v) is 4.94. The topological polar surface area (TPSA) is 112 Å². The second-order valence-corrected chi connectivity index (χ2v) is 10.5. The molecule has 1 atom stereocenters. The Hall–Kier alpha value is -2.73. The SMILES string of the molecule is COCCCS(=O)c1ccc(C(=N)C(=O)Nc2nc3ccc(N(C)CCN(C)C)nc3s2)cc1. The van der Waals surface area contributed by atoms with Crippen molar-refractivity contribution in [1.29, 1.82) is 5.41 Å². The third kappa shape index (κ3) is 6.89. The van der Waals surface area contributed by atoms with Crippen molar-refractivity contribution in [2.45, 2.75) is 11.3 Å². The van der Waals surface area contributed by atoms with Gasteiger partial charge in [0.1, 0.15) is 21.9 Å². The molecule has 11 heteroatoms. The number of rotatable bonds is 12. The zero-order valence-electron chi connectivity index (χ0n) is 19.8. The number of amides is 1. The molecule has 9 nitrogen and oxygen atoms in total. The monoisotopic (exact) mass is 502 g/mol. The van der Waals surface area contributed by atoms with Crippen molar-refractivity contribution >= 4 is 55.1 Å². The highest BCUT2D eigenvalue weighted by Crippen LogP contribution is 2.26. The molecular weight excluding hydrogens is 472 g/mol. The molecule has 0 bridgehead atoms. The summed E-state index contributed by atoms with van der Waals surface area (Å²) in [6, 6.07) is 10.5. The Labute approximate surface area is 206 Å². The van der Waals surface area contributed by atoms with Crippen molar-refractivity contribution in [3.8, 4) is 0 Å². The van der Waals surface area contributed by atoms with Crippen LogP contribution >= 0.6 is 11.3 Å². The minimum Gasteiger partial charge on any atom is -0.385 e. The van der Waals surface area contributed by atoms with Crippen LogP contribution in [0.1, 0.15) is 12.0 Å². The van der Waals surface area contributed by atoms with Crippen molar-refractivity contribution in [1.82, 2.24) is 14.9 Å². The maximum Gasteiger partial charge on any atom is 0.275 e. The highest BCUT2D eigenvalue weighted by molar-refractivity contribution is 7.85. The summed E-state index contributed by atoms with van der Waals surface area (Å²) in [5.74, 6) is 0.781. The Balaban J connectivity index is 1.63. The number of hydrogen-bond donors (Lipinski definition) is 2. The average Bonchev–Trinajstić information content (AvgIpc) is 3.23. The molecule has 3 aromatic rings. The molecule has 0 saturated carbocycles. The average molecular weight is 503 g/mol. The molecule has 34 heavy (non-hydrogen) atoms. The molecular formula is C23H30N6O3S2. The number of aromatic nitrogens is 2. The van der Waals surface area contributed by atoms with Crippen LogP contribution in [-0.4, -0.2) is 84.4 Å². The van der Waals surface area contributed by atoms with Crippen molar-refractivity contribution in [2.24, 2.45) is 0 Å². The predicted octanol–water partition coefficient (Wildman–Crippen LogP) is 2.84. The van der Waals surface area contributed by atoms with Gasteiger partial charge in [0, 0.05) is 50.1 Å². The summed E-state index contributed by atoms with van der Waals surface area (Å²) >= 11 is 1.27. The largest absolute Gasteiger partial charge is 0.385 e. The number of nitrogens with one attached hydrogen (secondary N) is 2. The Morgan fingerprint density at radius 3 is 2.53 bits per heavy atom. The van der Waals surface area contributed by atoms with Crippen molar-refractivity contribution in [3.05, 3.63) is 42.0 Å². The van der Waals surface area contributed by atoms with Crippen LogP contribution < -0.4 is 10.2 Å². The van der Waals surface area contributed by atoms with Crippen LogP contribution in [0.2, 0.25) is 0 Å². The van der Waals surface area contributed by atoms with Gasteiger partial charge >= 0.3 is 0 Å². The molecule has 3 rings (SSSR count). The van der Waals surface area contributed by atoms with Gasteiger partial charge in [0.2, 0.25) is 0 Å². The Morgan fingerprint density at radius 2 is 1.85 bits per heavy atom. The zero-order chi connectivity index (χ0) is 24.7. The molecule has 0 aliphatic rings. The summed E-state index contributed by atoms with van der Waals surface area (Å²) in [7, 11) is 6.52. The number of benzene rings is 1. The molecule has 0 fully saturated rings. The molecule has 0 spiro atoms. The van der Waals surface area contributed by atoms with Gasteiger partial charge in [-0.1, -0.05) is 23.5 Å². The van der Waals surface area contributed by atoms with E-state index in [9.17, 15) is 9.00 Å². The van der Waals surface area contributed by atoms with E-state index in [4.69, 9.17) is 10.1 Å². The first-order valence-corrected chi connectivity index (χ1v) is 12.9. The number of hydrogen-bond acceptors (Lipinski definition) is 9. The number of thiazole rings is 1. The molecule has 0 saturated heterocycles. The molecule has 2 aromatic heterocycles. The maximum atomic E-state index is 12.6.